The van der Waals surface area contributed by atoms with Gasteiger partial charge in [-0.2, -0.15) is 0 Å². The first kappa shape index (κ1) is 56.7. The Morgan fingerprint density at radius 1 is 0.393 bits per heavy atom. The summed E-state index contributed by atoms with van der Waals surface area (Å²) in [6.45, 7) is 15.3. The molecule has 0 amide bonds. The van der Waals surface area contributed by atoms with Crippen LogP contribution >= 0.6 is 0 Å². The molecular formula is C54H94NO5S+. The molecule has 0 fully saturated rings. The molecule has 0 aliphatic rings. The first-order valence-corrected chi connectivity index (χ1v) is 26.8. The summed E-state index contributed by atoms with van der Waals surface area (Å²) in [7, 11) is 0. The lowest BCUT2D eigenvalue weighted by Crippen LogP contribution is -2.50. The summed E-state index contributed by atoms with van der Waals surface area (Å²) in [4.78, 5) is 22.4. The quantitative estimate of drug-likeness (QED) is 0.0395. The van der Waals surface area contributed by atoms with Crippen LogP contribution < -0.4 is 0 Å². The van der Waals surface area contributed by atoms with Crippen LogP contribution in [0.15, 0.2) is 58.3 Å². The van der Waals surface area contributed by atoms with Crippen LogP contribution in [0.4, 0.5) is 0 Å². The van der Waals surface area contributed by atoms with E-state index in [2.05, 4.69) is 27.7 Å². The van der Waals surface area contributed by atoms with E-state index in [0.717, 1.165) is 0 Å². The minimum Gasteiger partial charge on any atom is -0.606 e. The predicted molar refractivity (Wildman–Crippen MR) is 262 cm³/mol. The molecule has 0 bridgehead atoms. The Hall–Kier alpha value is -2.35. The second kappa shape index (κ2) is 39.3. The molecular weight excluding hydrogens is 775 g/mol. The van der Waals surface area contributed by atoms with E-state index in [1.54, 1.807) is 12.1 Å². The molecule has 0 aliphatic carbocycles. The third-order valence-electron chi connectivity index (χ3n) is 12.6. The average Bonchev–Trinajstić information content (AvgIpc) is 3.27. The molecule has 0 unspecified atom stereocenters. The first-order chi connectivity index (χ1) is 29.8. The molecule has 2 aromatic rings. The number of benzene rings is 2. The number of hydrogen-bond acceptors (Lipinski definition) is 3. The number of quaternary nitrogens is 1. The second-order valence-corrected chi connectivity index (χ2v) is 19.4. The minimum absolute atomic E-state index is 0.0775. The lowest BCUT2D eigenvalue weighted by atomic mass is 10.0. The first-order valence-electron chi connectivity index (χ1n) is 25.7. The number of nitrogens with zero attached hydrogens (tertiary/aromatic N) is 1. The highest BCUT2D eigenvalue weighted by atomic mass is 32.2. The van der Waals surface area contributed by atoms with Crippen LogP contribution in [0.25, 0.3) is 0 Å². The fourth-order valence-corrected chi connectivity index (χ4v) is 10.1. The zero-order valence-corrected chi connectivity index (χ0v) is 40.9. The third kappa shape index (κ3) is 28.1. The molecule has 0 radical (unpaired) electrons. The highest BCUT2D eigenvalue weighted by Crippen LogP contribution is 2.27. The van der Waals surface area contributed by atoms with Crippen molar-refractivity contribution >= 4 is 23.1 Å². The molecule has 0 saturated carbocycles. The molecule has 0 aromatic heterocycles. The van der Waals surface area contributed by atoms with Crippen LogP contribution in [0, 0.1) is 0 Å². The molecule has 0 aliphatic heterocycles. The van der Waals surface area contributed by atoms with Crippen molar-refractivity contribution in [2.45, 2.75) is 243 Å². The van der Waals surface area contributed by atoms with Gasteiger partial charge in [0.15, 0.2) is 9.79 Å². The summed E-state index contributed by atoms with van der Waals surface area (Å²) in [5, 5.41) is 18.2. The largest absolute Gasteiger partial charge is 0.606 e. The highest BCUT2D eigenvalue weighted by Gasteiger charge is 2.27. The summed E-state index contributed by atoms with van der Waals surface area (Å²) in [6, 6.07) is 11.7. The van der Waals surface area contributed by atoms with E-state index >= 15 is 0 Å². The molecule has 6 nitrogen and oxygen atoms in total. The van der Waals surface area contributed by atoms with Crippen molar-refractivity contribution in [2.24, 2.45) is 0 Å². The van der Waals surface area contributed by atoms with Gasteiger partial charge < -0.3 is 19.2 Å². The Balaban J connectivity index is 0.000000766. The predicted octanol–water partition coefficient (Wildman–Crippen LogP) is 16.6. The topological polar surface area (TPSA) is 97.7 Å². The van der Waals surface area contributed by atoms with Crippen molar-refractivity contribution in [3.63, 3.8) is 0 Å². The molecule has 7 heteroatoms. The van der Waals surface area contributed by atoms with Crippen molar-refractivity contribution < 1.29 is 28.8 Å². The molecule has 0 spiro atoms. The number of carbonyl (C=O) groups is 2. The molecule has 0 atom stereocenters. The number of carboxylic acid groups (broad SMARTS) is 2. The molecule has 2 aromatic carbocycles. The van der Waals surface area contributed by atoms with Crippen molar-refractivity contribution in [1.82, 2.24) is 0 Å². The fourth-order valence-electron chi connectivity index (χ4n) is 8.72. The van der Waals surface area contributed by atoms with Crippen LogP contribution in [-0.4, -0.2) is 57.4 Å². The molecule has 350 valence electrons. The van der Waals surface area contributed by atoms with Crippen LogP contribution in [0.1, 0.15) is 254 Å². The highest BCUT2D eigenvalue weighted by molar-refractivity contribution is 7.91. The summed E-state index contributed by atoms with van der Waals surface area (Å²) < 4.78 is 14.0. The Labute approximate surface area is 379 Å². The normalized spacial score (nSPS) is 11.5. The Kier molecular flexibility index (Phi) is 36.5. The maximum Gasteiger partial charge on any atom is 0.340 e. The van der Waals surface area contributed by atoms with Gasteiger partial charge in [0.25, 0.3) is 0 Å². The Bertz CT molecular complexity index is 1190. The smallest absolute Gasteiger partial charge is 0.340 e. The van der Waals surface area contributed by atoms with Crippen molar-refractivity contribution in [3.8, 4) is 0 Å². The summed E-state index contributed by atoms with van der Waals surface area (Å²) in [5.41, 5.74) is -0.211. The van der Waals surface area contributed by atoms with Crippen molar-refractivity contribution in [1.29, 1.82) is 0 Å². The van der Waals surface area contributed by atoms with E-state index in [1.165, 1.54) is 273 Å². The van der Waals surface area contributed by atoms with Gasteiger partial charge in [-0.3, -0.25) is 0 Å². The maximum atomic E-state index is 12.5. The van der Waals surface area contributed by atoms with Crippen LogP contribution in [0.2, 0.25) is 0 Å². The minimum atomic E-state index is -1.87. The number of aromatic carboxylic acids is 2. The third-order valence-corrected chi connectivity index (χ3v) is 14.1. The SMILES string of the molecule is CCCCCCCCCC[N+](CCCCCCCCCC)(CCCCCCCCCC)CCCCCCCCCC.O=C(O)c1ccccc1[S+]([O-])c1ccccc1C(=O)O. The van der Waals surface area contributed by atoms with E-state index < -0.39 is 23.1 Å². The van der Waals surface area contributed by atoms with E-state index in [9.17, 15) is 14.1 Å². The van der Waals surface area contributed by atoms with E-state index in [-0.39, 0.29) is 20.9 Å². The van der Waals surface area contributed by atoms with Gasteiger partial charge in [0, 0.05) is 11.2 Å². The molecule has 2 N–H and O–H groups in total. The van der Waals surface area contributed by atoms with Crippen LogP contribution in [0.3, 0.4) is 0 Å². The van der Waals surface area contributed by atoms with Gasteiger partial charge in [-0.05, 0) is 75.6 Å². The lowest BCUT2D eigenvalue weighted by molar-refractivity contribution is -0.929. The maximum absolute atomic E-state index is 12.5. The van der Waals surface area contributed by atoms with Crippen LogP contribution in [0.5, 0.6) is 0 Å². The summed E-state index contributed by atoms with van der Waals surface area (Å²) >= 11 is -1.87. The number of rotatable bonds is 40. The summed E-state index contributed by atoms with van der Waals surface area (Å²) in [6.07, 6.45) is 46.7. The van der Waals surface area contributed by atoms with Gasteiger partial charge in [-0.15, -0.1) is 0 Å². The average molecular weight is 869 g/mol. The standard InChI is InChI=1S/C40H84N.C14H10O5S/c1-5-9-13-17-21-25-29-33-37-41(38-34-30-26-22-18-14-10-6-2,39-35-31-27-23-19-15-11-7-3)40-36-32-28-24-20-16-12-8-4;15-13(16)9-5-1-3-7-11(9)20(19)12-8-4-2-6-10(12)14(17)18/h5-40H2,1-4H3;1-8H,(H,15,16)(H,17,18)/q+1;. The monoisotopic (exact) mass is 869 g/mol. The molecule has 61 heavy (non-hydrogen) atoms. The van der Waals surface area contributed by atoms with Gasteiger partial charge in [-0.25, -0.2) is 9.59 Å². The van der Waals surface area contributed by atoms with E-state index in [4.69, 9.17) is 10.2 Å². The Morgan fingerprint density at radius 2 is 0.607 bits per heavy atom. The van der Waals surface area contributed by atoms with Crippen molar-refractivity contribution in [2.75, 3.05) is 26.2 Å². The second-order valence-electron chi connectivity index (χ2n) is 18.0. The Morgan fingerprint density at radius 3 is 0.836 bits per heavy atom. The molecule has 0 heterocycles. The molecule has 2 rings (SSSR count). The zero-order valence-electron chi connectivity index (χ0n) is 40.0. The number of unbranched alkanes of at least 4 members (excludes halogenated alkanes) is 28. The van der Waals surface area contributed by atoms with Gasteiger partial charge >= 0.3 is 11.9 Å². The lowest BCUT2D eigenvalue weighted by Gasteiger charge is -2.40. The van der Waals surface area contributed by atoms with Gasteiger partial charge in [0.05, 0.1) is 26.2 Å². The fraction of sp³-hybridized carbons (Fsp3) is 0.741. The van der Waals surface area contributed by atoms with E-state index in [1.807, 2.05) is 0 Å². The summed E-state index contributed by atoms with van der Waals surface area (Å²) in [5.74, 6) is -2.41. The van der Waals surface area contributed by atoms with E-state index in [0.29, 0.717) is 0 Å². The number of hydrogen-bond donors (Lipinski definition) is 2. The van der Waals surface area contributed by atoms with Crippen LogP contribution in [-0.2, 0) is 11.2 Å². The number of carboxylic acids is 2. The molecule has 0 saturated heterocycles. The zero-order chi connectivity index (χ0) is 44.7. The van der Waals surface area contributed by atoms with Gasteiger partial charge in [0.1, 0.15) is 11.1 Å². The van der Waals surface area contributed by atoms with Gasteiger partial charge in [0.2, 0.25) is 0 Å². The van der Waals surface area contributed by atoms with Gasteiger partial charge in [-0.1, -0.05) is 206 Å². The van der Waals surface area contributed by atoms with Crippen molar-refractivity contribution in [3.05, 3.63) is 59.7 Å².